The topological polar surface area (TPSA) is 67.8 Å². The molecule has 0 atom stereocenters. The Labute approximate surface area is 110 Å². The number of nitrogens with zero attached hydrogens (tertiary/aromatic N) is 1. The molecule has 0 saturated carbocycles. The maximum atomic E-state index is 13.5. The number of ether oxygens (including phenoxy) is 1. The lowest BCUT2D eigenvalue weighted by molar-refractivity contribution is -0.0329. The van der Waals surface area contributed by atoms with Crippen LogP contribution in [0.4, 0.5) is 17.6 Å². The smallest absolute Gasteiger partial charge is 0.441 e. The molecular weight excluding hydrogens is 288 g/mol. The Morgan fingerprint density at radius 3 is 2.63 bits per heavy atom. The summed E-state index contributed by atoms with van der Waals surface area (Å²) in [6.45, 7) is -0.288. The van der Waals surface area contributed by atoms with Crippen LogP contribution in [0.2, 0.25) is 0 Å². The molecule has 0 fully saturated rings. The summed E-state index contributed by atoms with van der Waals surface area (Å²) >= 11 is -0.249. The van der Waals surface area contributed by atoms with Crippen molar-refractivity contribution in [3.8, 4) is 5.75 Å². The third-order valence-electron chi connectivity index (χ3n) is 1.94. The van der Waals surface area contributed by atoms with Gasteiger partial charge in [0.15, 0.2) is 17.4 Å². The number of rotatable bonds is 5. The van der Waals surface area contributed by atoms with Crippen molar-refractivity contribution >= 4 is 17.6 Å². The second kappa shape index (κ2) is 6.50. The Bertz CT molecular complexity index is 465. The molecule has 0 unspecified atom stereocenters. The molecule has 0 aliphatic carbocycles. The van der Waals surface area contributed by atoms with Crippen molar-refractivity contribution in [1.82, 2.24) is 0 Å². The molecule has 0 amide bonds. The lowest BCUT2D eigenvalue weighted by Gasteiger charge is -2.09. The van der Waals surface area contributed by atoms with Crippen LogP contribution in [-0.4, -0.2) is 28.9 Å². The van der Waals surface area contributed by atoms with Crippen LogP contribution < -0.4 is 10.5 Å². The summed E-state index contributed by atoms with van der Waals surface area (Å²) in [5.74, 6) is -1.62. The molecule has 1 rings (SSSR count). The number of hydrogen-bond acceptors (Lipinski definition) is 4. The first-order chi connectivity index (χ1) is 8.83. The maximum Gasteiger partial charge on any atom is 0.441 e. The van der Waals surface area contributed by atoms with Crippen LogP contribution in [0.15, 0.2) is 23.4 Å². The van der Waals surface area contributed by atoms with Crippen LogP contribution in [-0.2, 0) is 0 Å². The Morgan fingerprint density at radius 1 is 1.42 bits per heavy atom. The van der Waals surface area contributed by atoms with Gasteiger partial charge in [0.2, 0.25) is 0 Å². The van der Waals surface area contributed by atoms with E-state index in [1.54, 1.807) is 0 Å². The van der Waals surface area contributed by atoms with E-state index in [2.05, 4.69) is 5.16 Å². The van der Waals surface area contributed by atoms with Gasteiger partial charge in [-0.2, -0.15) is 13.2 Å². The summed E-state index contributed by atoms with van der Waals surface area (Å²) < 4.78 is 53.8. The minimum atomic E-state index is -4.34. The van der Waals surface area contributed by atoms with E-state index in [1.807, 2.05) is 0 Å². The Kier molecular flexibility index (Phi) is 5.28. The Hall–Kier alpha value is -1.64. The predicted octanol–water partition coefficient (Wildman–Crippen LogP) is 2.55. The molecule has 0 saturated heterocycles. The van der Waals surface area contributed by atoms with Gasteiger partial charge >= 0.3 is 5.51 Å². The maximum absolute atomic E-state index is 13.5. The molecule has 0 spiro atoms. The second-order valence-corrected chi connectivity index (χ2v) is 4.43. The summed E-state index contributed by atoms with van der Waals surface area (Å²) in [6.07, 6.45) is 0. The highest BCUT2D eigenvalue weighted by molar-refractivity contribution is 8.00. The molecule has 0 heterocycles. The van der Waals surface area contributed by atoms with E-state index in [-0.39, 0.29) is 41.3 Å². The molecule has 9 heteroatoms. The Balaban J connectivity index is 2.56. The van der Waals surface area contributed by atoms with Gasteiger partial charge in [-0.1, -0.05) is 5.16 Å². The SMILES string of the molecule is N/C(=N/O)c1ccc(OCCSC(F)(F)F)c(F)c1. The third-order valence-corrected chi connectivity index (χ3v) is 2.64. The van der Waals surface area contributed by atoms with Gasteiger partial charge in [-0.25, -0.2) is 4.39 Å². The summed E-state index contributed by atoms with van der Waals surface area (Å²) in [5.41, 5.74) is 1.05. The lowest BCUT2D eigenvalue weighted by Crippen LogP contribution is -2.13. The average Bonchev–Trinajstić information content (AvgIpc) is 2.33. The van der Waals surface area contributed by atoms with Crippen molar-refractivity contribution in [2.45, 2.75) is 5.51 Å². The normalized spacial score (nSPS) is 12.5. The highest BCUT2D eigenvalue weighted by Gasteiger charge is 2.27. The minimum Gasteiger partial charge on any atom is -0.490 e. The van der Waals surface area contributed by atoms with Crippen molar-refractivity contribution < 1.29 is 27.5 Å². The van der Waals surface area contributed by atoms with Crippen LogP contribution in [0.3, 0.4) is 0 Å². The molecule has 0 bridgehead atoms. The van der Waals surface area contributed by atoms with Crippen molar-refractivity contribution in [2.75, 3.05) is 12.4 Å². The fourth-order valence-corrected chi connectivity index (χ4v) is 1.54. The standard InChI is InChI=1S/C10H10F4N2O2S/c11-7-5-6(9(15)16-17)1-2-8(7)18-3-4-19-10(12,13)14/h1-2,5,17H,3-4H2,(H2,15,16). The summed E-state index contributed by atoms with van der Waals surface area (Å²) in [5, 5.41) is 11.1. The zero-order chi connectivity index (χ0) is 14.5. The molecule has 1 aromatic rings. The minimum absolute atomic E-state index is 0.136. The van der Waals surface area contributed by atoms with Crippen LogP contribution in [0.5, 0.6) is 5.75 Å². The largest absolute Gasteiger partial charge is 0.490 e. The predicted molar refractivity (Wildman–Crippen MR) is 62.9 cm³/mol. The lowest BCUT2D eigenvalue weighted by atomic mass is 10.2. The number of amidine groups is 1. The van der Waals surface area contributed by atoms with Crippen LogP contribution in [0, 0.1) is 5.82 Å². The van der Waals surface area contributed by atoms with E-state index >= 15 is 0 Å². The van der Waals surface area contributed by atoms with Crippen LogP contribution in [0.1, 0.15) is 5.56 Å². The molecule has 0 aliphatic heterocycles. The van der Waals surface area contributed by atoms with Gasteiger partial charge < -0.3 is 15.7 Å². The molecule has 1 aromatic carbocycles. The van der Waals surface area contributed by atoms with Crippen molar-refractivity contribution in [2.24, 2.45) is 10.9 Å². The van der Waals surface area contributed by atoms with Gasteiger partial charge in [-0.3, -0.25) is 0 Å². The molecule has 3 N–H and O–H groups in total. The quantitative estimate of drug-likeness (QED) is 0.219. The second-order valence-electron chi connectivity index (χ2n) is 3.27. The number of halogens is 4. The first kappa shape index (κ1) is 15.4. The van der Waals surface area contributed by atoms with E-state index in [1.165, 1.54) is 12.1 Å². The summed E-state index contributed by atoms with van der Waals surface area (Å²) in [7, 11) is 0. The number of oxime groups is 1. The van der Waals surface area contributed by atoms with Gasteiger partial charge in [0, 0.05) is 11.3 Å². The highest BCUT2D eigenvalue weighted by Crippen LogP contribution is 2.30. The molecule has 4 nitrogen and oxygen atoms in total. The molecule has 0 aromatic heterocycles. The molecule has 0 radical (unpaired) electrons. The summed E-state index contributed by atoms with van der Waals surface area (Å²) in [6, 6.07) is 3.48. The summed E-state index contributed by atoms with van der Waals surface area (Å²) in [4.78, 5) is 0. The number of alkyl halides is 3. The van der Waals surface area contributed by atoms with Crippen LogP contribution >= 0.6 is 11.8 Å². The van der Waals surface area contributed by atoms with Crippen LogP contribution in [0.25, 0.3) is 0 Å². The molecule has 0 aliphatic rings. The van der Waals surface area contributed by atoms with E-state index in [0.29, 0.717) is 0 Å². The van der Waals surface area contributed by atoms with Gasteiger partial charge in [-0.05, 0) is 30.0 Å². The van der Waals surface area contributed by atoms with Gasteiger partial charge in [-0.15, -0.1) is 0 Å². The fraction of sp³-hybridized carbons (Fsp3) is 0.300. The van der Waals surface area contributed by atoms with Crippen molar-refractivity contribution in [1.29, 1.82) is 0 Å². The molecular formula is C10H10F4N2O2S. The fourth-order valence-electron chi connectivity index (χ4n) is 1.14. The molecule has 106 valence electrons. The average molecular weight is 298 g/mol. The van der Waals surface area contributed by atoms with E-state index in [9.17, 15) is 17.6 Å². The monoisotopic (exact) mass is 298 g/mol. The van der Waals surface area contributed by atoms with Gasteiger partial charge in [0.1, 0.15) is 0 Å². The number of benzene rings is 1. The van der Waals surface area contributed by atoms with Gasteiger partial charge in [0.05, 0.1) is 6.61 Å². The number of thioether (sulfide) groups is 1. The number of hydrogen-bond donors (Lipinski definition) is 2. The van der Waals surface area contributed by atoms with Gasteiger partial charge in [0.25, 0.3) is 0 Å². The third kappa shape index (κ3) is 5.25. The van der Waals surface area contributed by atoms with Crippen molar-refractivity contribution in [3.63, 3.8) is 0 Å². The molecule has 19 heavy (non-hydrogen) atoms. The van der Waals surface area contributed by atoms with E-state index in [4.69, 9.17) is 15.7 Å². The number of nitrogens with two attached hydrogens (primary N) is 1. The van der Waals surface area contributed by atoms with Crippen molar-refractivity contribution in [3.05, 3.63) is 29.6 Å². The highest BCUT2D eigenvalue weighted by atomic mass is 32.2. The van der Waals surface area contributed by atoms with E-state index < -0.39 is 11.3 Å². The Morgan fingerprint density at radius 2 is 2.11 bits per heavy atom. The first-order valence-corrected chi connectivity index (χ1v) is 5.93. The zero-order valence-corrected chi connectivity index (χ0v) is 10.3. The van der Waals surface area contributed by atoms with E-state index in [0.717, 1.165) is 6.07 Å². The first-order valence-electron chi connectivity index (χ1n) is 4.94. The zero-order valence-electron chi connectivity index (χ0n) is 9.45.